The monoisotopic (exact) mass is 159 g/mol. The standard InChI is InChI=1S/C7H10FNO2/c1-6(2)9(8)7(10)4-5-11-3/h4-5H,1H2,2-3H3/b5-4+. The molecule has 0 aromatic heterocycles. The summed E-state index contributed by atoms with van der Waals surface area (Å²) in [6, 6.07) is 0. The normalized spacial score (nSPS) is 9.73. The van der Waals surface area contributed by atoms with Crippen LogP contribution in [0.15, 0.2) is 24.6 Å². The van der Waals surface area contributed by atoms with Gasteiger partial charge in [-0.05, 0) is 6.92 Å². The minimum atomic E-state index is -0.806. The number of amides is 1. The van der Waals surface area contributed by atoms with Crippen LogP contribution in [0.4, 0.5) is 4.48 Å². The molecule has 4 heteroatoms. The van der Waals surface area contributed by atoms with E-state index < -0.39 is 5.91 Å². The smallest absolute Gasteiger partial charge is 0.281 e. The second-order valence-corrected chi connectivity index (χ2v) is 1.89. The van der Waals surface area contributed by atoms with Crippen LogP contribution in [0.2, 0.25) is 0 Å². The van der Waals surface area contributed by atoms with E-state index in [1.165, 1.54) is 14.0 Å². The molecule has 11 heavy (non-hydrogen) atoms. The lowest BCUT2D eigenvalue weighted by atomic mass is 10.5. The molecule has 0 bridgehead atoms. The molecule has 1 amide bonds. The van der Waals surface area contributed by atoms with Gasteiger partial charge in [0.05, 0.1) is 13.4 Å². The van der Waals surface area contributed by atoms with Crippen LogP contribution in [0.25, 0.3) is 0 Å². The van der Waals surface area contributed by atoms with Crippen molar-refractivity contribution in [1.82, 2.24) is 5.12 Å². The van der Waals surface area contributed by atoms with Gasteiger partial charge in [-0.25, -0.2) is 0 Å². The molecular weight excluding hydrogens is 149 g/mol. The minimum absolute atomic E-state index is 0.0377. The van der Waals surface area contributed by atoms with E-state index >= 15 is 0 Å². The maximum Gasteiger partial charge on any atom is 0.281 e. The number of methoxy groups -OCH3 is 1. The average molecular weight is 159 g/mol. The third-order valence-electron chi connectivity index (χ3n) is 0.875. The van der Waals surface area contributed by atoms with Crippen LogP contribution in [-0.4, -0.2) is 18.1 Å². The first-order valence-corrected chi connectivity index (χ1v) is 2.94. The molecule has 0 aliphatic carbocycles. The fourth-order valence-electron chi connectivity index (χ4n) is 0.380. The second-order valence-electron chi connectivity index (χ2n) is 1.89. The van der Waals surface area contributed by atoms with Crippen LogP contribution < -0.4 is 0 Å². The van der Waals surface area contributed by atoms with Gasteiger partial charge in [-0.15, -0.1) is 5.12 Å². The van der Waals surface area contributed by atoms with Crippen LogP contribution >= 0.6 is 0 Å². The molecule has 0 radical (unpaired) electrons. The first kappa shape index (κ1) is 9.68. The van der Waals surface area contributed by atoms with Gasteiger partial charge in [0.25, 0.3) is 5.91 Å². The largest absolute Gasteiger partial charge is 0.504 e. The minimum Gasteiger partial charge on any atom is -0.504 e. The summed E-state index contributed by atoms with van der Waals surface area (Å²) in [6.45, 7) is 4.63. The van der Waals surface area contributed by atoms with Crippen LogP contribution in [0.3, 0.4) is 0 Å². The highest BCUT2D eigenvalue weighted by molar-refractivity contribution is 5.87. The summed E-state index contributed by atoms with van der Waals surface area (Å²) in [6.07, 6.45) is 2.06. The fraction of sp³-hybridized carbons (Fsp3) is 0.286. The van der Waals surface area contributed by atoms with Crippen molar-refractivity contribution in [2.75, 3.05) is 7.11 Å². The van der Waals surface area contributed by atoms with Crippen molar-refractivity contribution in [2.45, 2.75) is 6.92 Å². The number of ether oxygens (including phenoxy) is 1. The van der Waals surface area contributed by atoms with Crippen molar-refractivity contribution in [3.8, 4) is 0 Å². The van der Waals surface area contributed by atoms with Gasteiger partial charge in [-0.2, -0.15) is 0 Å². The summed E-state index contributed by atoms with van der Waals surface area (Å²) < 4.78 is 16.9. The molecule has 0 rings (SSSR count). The summed E-state index contributed by atoms with van der Waals surface area (Å²) in [4.78, 5) is 10.7. The van der Waals surface area contributed by atoms with E-state index in [4.69, 9.17) is 0 Å². The summed E-state index contributed by atoms with van der Waals surface area (Å²) >= 11 is 0. The Morgan fingerprint density at radius 1 is 1.73 bits per heavy atom. The van der Waals surface area contributed by atoms with Gasteiger partial charge in [0.1, 0.15) is 0 Å². The van der Waals surface area contributed by atoms with Crippen molar-refractivity contribution < 1.29 is 14.0 Å². The fourth-order valence-corrected chi connectivity index (χ4v) is 0.380. The summed E-state index contributed by atoms with van der Waals surface area (Å²) in [5.74, 6) is -0.806. The van der Waals surface area contributed by atoms with Gasteiger partial charge in [0.15, 0.2) is 0 Å². The first-order chi connectivity index (χ1) is 5.09. The summed E-state index contributed by atoms with van der Waals surface area (Å²) in [5, 5.41) is -0.0600. The molecule has 0 saturated heterocycles. The molecule has 0 fully saturated rings. The Balaban J connectivity index is 4.03. The van der Waals surface area contributed by atoms with Gasteiger partial charge in [0.2, 0.25) is 0 Å². The van der Waals surface area contributed by atoms with E-state index in [1.807, 2.05) is 0 Å². The number of carbonyl (C=O) groups is 1. The molecule has 0 N–H and O–H groups in total. The molecule has 0 atom stereocenters. The number of nitrogens with zero attached hydrogens (tertiary/aromatic N) is 1. The highest BCUT2D eigenvalue weighted by Gasteiger charge is 2.08. The molecule has 62 valence electrons. The Labute approximate surface area is 64.7 Å². The number of hydrogen-bond acceptors (Lipinski definition) is 2. The summed E-state index contributed by atoms with van der Waals surface area (Å²) in [7, 11) is 1.37. The number of hydrogen-bond donors (Lipinski definition) is 0. The average Bonchev–Trinajstić information content (AvgIpc) is 1.98. The lowest BCUT2D eigenvalue weighted by molar-refractivity contribution is -0.136. The number of allylic oxidation sites excluding steroid dienone is 1. The maximum absolute atomic E-state index is 12.5. The van der Waals surface area contributed by atoms with Crippen molar-refractivity contribution in [3.05, 3.63) is 24.6 Å². The van der Waals surface area contributed by atoms with Gasteiger partial charge >= 0.3 is 0 Å². The Bertz CT molecular complexity index is 189. The zero-order valence-corrected chi connectivity index (χ0v) is 6.50. The van der Waals surface area contributed by atoms with Crippen LogP contribution in [0.1, 0.15) is 6.92 Å². The molecule has 0 unspecified atom stereocenters. The van der Waals surface area contributed by atoms with Crippen molar-refractivity contribution in [1.29, 1.82) is 0 Å². The lowest BCUT2D eigenvalue weighted by Gasteiger charge is -2.06. The highest BCUT2D eigenvalue weighted by atomic mass is 19.2. The molecular formula is C7H10FNO2. The van der Waals surface area contributed by atoms with Crippen molar-refractivity contribution in [2.24, 2.45) is 0 Å². The second kappa shape index (κ2) is 4.49. The zero-order valence-electron chi connectivity index (χ0n) is 6.50. The van der Waals surface area contributed by atoms with E-state index in [0.717, 1.165) is 12.3 Å². The Morgan fingerprint density at radius 3 is 2.64 bits per heavy atom. The number of halogens is 1. The molecule has 0 saturated carbocycles. The van der Waals surface area contributed by atoms with Gasteiger partial charge < -0.3 is 4.74 Å². The molecule has 0 heterocycles. The molecule has 0 spiro atoms. The molecule has 0 aliphatic rings. The van der Waals surface area contributed by atoms with Crippen LogP contribution in [0.5, 0.6) is 0 Å². The molecule has 0 aromatic carbocycles. The summed E-state index contributed by atoms with van der Waals surface area (Å²) in [5.41, 5.74) is 0.0377. The van der Waals surface area contributed by atoms with Crippen molar-refractivity contribution in [3.63, 3.8) is 0 Å². The van der Waals surface area contributed by atoms with E-state index in [2.05, 4.69) is 11.3 Å². The molecule has 0 aliphatic heterocycles. The van der Waals surface area contributed by atoms with E-state index in [9.17, 15) is 9.28 Å². The first-order valence-electron chi connectivity index (χ1n) is 2.94. The van der Waals surface area contributed by atoms with Gasteiger partial charge in [-0.3, -0.25) is 4.79 Å². The number of carbonyl (C=O) groups excluding carboxylic acids is 1. The highest BCUT2D eigenvalue weighted by Crippen LogP contribution is 2.01. The predicted molar refractivity (Wildman–Crippen MR) is 38.9 cm³/mol. The van der Waals surface area contributed by atoms with Crippen molar-refractivity contribution >= 4 is 5.91 Å². The van der Waals surface area contributed by atoms with E-state index in [1.54, 1.807) is 0 Å². The zero-order chi connectivity index (χ0) is 8.85. The Kier molecular flexibility index (Phi) is 3.95. The topological polar surface area (TPSA) is 29.5 Å². The third-order valence-corrected chi connectivity index (χ3v) is 0.875. The van der Waals surface area contributed by atoms with Crippen LogP contribution in [0, 0.1) is 0 Å². The van der Waals surface area contributed by atoms with Crippen LogP contribution in [-0.2, 0) is 9.53 Å². The third kappa shape index (κ3) is 3.40. The SMILES string of the molecule is C=C(C)N(F)C(=O)/C=C/OC. The quantitative estimate of drug-likeness (QED) is 0.354. The Hall–Kier alpha value is -1.32. The molecule has 0 aromatic rings. The maximum atomic E-state index is 12.5. The van der Waals surface area contributed by atoms with Gasteiger partial charge in [-0.1, -0.05) is 11.1 Å². The molecule has 3 nitrogen and oxygen atoms in total. The lowest BCUT2D eigenvalue weighted by Crippen LogP contribution is -2.17. The predicted octanol–water partition coefficient (Wildman–Crippen LogP) is 1.39. The van der Waals surface area contributed by atoms with E-state index in [0.29, 0.717) is 0 Å². The van der Waals surface area contributed by atoms with Gasteiger partial charge in [0, 0.05) is 11.8 Å². The number of rotatable bonds is 3. The van der Waals surface area contributed by atoms with E-state index in [-0.39, 0.29) is 10.8 Å². The Morgan fingerprint density at radius 2 is 2.27 bits per heavy atom.